The van der Waals surface area contributed by atoms with Gasteiger partial charge in [-0.15, -0.1) is 0 Å². The van der Waals surface area contributed by atoms with Crippen molar-refractivity contribution < 1.29 is 9.18 Å². The van der Waals surface area contributed by atoms with Crippen LogP contribution in [0.5, 0.6) is 0 Å². The number of hydrogen-bond donors (Lipinski definition) is 1. The van der Waals surface area contributed by atoms with Crippen molar-refractivity contribution in [1.29, 1.82) is 0 Å². The van der Waals surface area contributed by atoms with Crippen LogP contribution < -0.4 is 5.32 Å². The lowest BCUT2D eigenvalue weighted by Crippen LogP contribution is -2.41. The van der Waals surface area contributed by atoms with Gasteiger partial charge in [-0.05, 0) is 57.0 Å². The molecule has 1 amide bonds. The highest BCUT2D eigenvalue weighted by molar-refractivity contribution is 5.95. The largest absolute Gasteiger partial charge is 0.337 e. The van der Waals surface area contributed by atoms with Crippen molar-refractivity contribution in [3.05, 3.63) is 35.1 Å². The molecule has 1 atom stereocenters. The van der Waals surface area contributed by atoms with Gasteiger partial charge in [-0.1, -0.05) is 0 Å². The highest BCUT2D eigenvalue weighted by Gasteiger charge is 2.22. The van der Waals surface area contributed by atoms with Crippen LogP contribution in [0, 0.1) is 12.7 Å². The van der Waals surface area contributed by atoms with E-state index in [9.17, 15) is 9.18 Å². The fraction of sp³-hybridized carbons (Fsp3) is 0.533. The van der Waals surface area contributed by atoms with Crippen molar-refractivity contribution in [2.24, 2.45) is 0 Å². The van der Waals surface area contributed by atoms with E-state index in [2.05, 4.69) is 5.32 Å². The molecule has 0 spiro atoms. The Labute approximate surface area is 113 Å². The summed E-state index contributed by atoms with van der Waals surface area (Å²) >= 11 is 0. The zero-order valence-corrected chi connectivity index (χ0v) is 11.6. The minimum Gasteiger partial charge on any atom is -0.337 e. The van der Waals surface area contributed by atoms with E-state index < -0.39 is 0 Å². The Morgan fingerprint density at radius 3 is 2.89 bits per heavy atom. The molecule has 0 radical (unpaired) electrons. The lowest BCUT2D eigenvalue weighted by molar-refractivity contribution is 0.0750. The first-order chi connectivity index (χ1) is 9.11. The summed E-state index contributed by atoms with van der Waals surface area (Å²) in [5.74, 6) is -0.303. The zero-order chi connectivity index (χ0) is 13.8. The predicted molar refractivity (Wildman–Crippen MR) is 73.7 cm³/mol. The zero-order valence-electron chi connectivity index (χ0n) is 11.6. The first-order valence-corrected chi connectivity index (χ1v) is 6.90. The quantitative estimate of drug-likeness (QED) is 0.905. The number of amides is 1. The standard InChI is InChI=1S/C15H21FN2O/c1-3-18(10-13-5-4-8-17-13)15(19)14-7-6-12(16)9-11(14)2/h6-7,9,13,17H,3-5,8,10H2,1-2H3. The fourth-order valence-electron chi connectivity index (χ4n) is 2.57. The van der Waals surface area contributed by atoms with Crippen LogP contribution >= 0.6 is 0 Å². The minimum atomic E-state index is -0.297. The van der Waals surface area contributed by atoms with E-state index in [0.717, 1.165) is 19.5 Å². The molecular formula is C15H21FN2O. The fourth-order valence-corrected chi connectivity index (χ4v) is 2.57. The smallest absolute Gasteiger partial charge is 0.254 e. The van der Waals surface area contributed by atoms with Gasteiger partial charge in [0.25, 0.3) is 5.91 Å². The van der Waals surface area contributed by atoms with Crippen molar-refractivity contribution in [3.8, 4) is 0 Å². The maximum Gasteiger partial charge on any atom is 0.254 e. The van der Waals surface area contributed by atoms with Crippen molar-refractivity contribution in [2.45, 2.75) is 32.7 Å². The lowest BCUT2D eigenvalue weighted by atomic mass is 10.1. The Morgan fingerprint density at radius 2 is 2.32 bits per heavy atom. The van der Waals surface area contributed by atoms with Gasteiger partial charge in [0.15, 0.2) is 0 Å². The maximum atomic E-state index is 13.1. The highest BCUT2D eigenvalue weighted by atomic mass is 19.1. The molecule has 19 heavy (non-hydrogen) atoms. The molecule has 1 aromatic rings. The Balaban J connectivity index is 2.10. The molecule has 1 fully saturated rings. The molecule has 4 heteroatoms. The van der Waals surface area contributed by atoms with Gasteiger partial charge in [0.05, 0.1) is 0 Å². The molecule has 1 aliphatic rings. The molecule has 1 aromatic carbocycles. The van der Waals surface area contributed by atoms with Crippen molar-refractivity contribution in [2.75, 3.05) is 19.6 Å². The van der Waals surface area contributed by atoms with Crippen molar-refractivity contribution >= 4 is 5.91 Å². The molecule has 1 unspecified atom stereocenters. The van der Waals surface area contributed by atoms with E-state index >= 15 is 0 Å². The van der Waals surface area contributed by atoms with E-state index in [-0.39, 0.29) is 11.7 Å². The first kappa shape index (κ1) is 14.0. The topological polar surface area (TPSA) is 32.3 Å². The molecule has 104 valence electrons. The summed E-state index contributed by atoms with van der Waals surface area (Å²) in [7, 11) is 0. The van der Waals surface area contributed by atoms with E-state index in [0.29, 0.717) is 23.7 Å². The molecule has 1 N–H and O–H groups in total. The molecule has 1 heterocycles. The summed E-state index contributed by atoms with van der Waals surface area (Å²) in [5, 5.41) is 3.40. The monoisotopic (exact) mass is 264 g/mol. The van der Waals surface area contributed by atoms with Crippen molar-refractivity contribution in [1.82, 2.24) is 10.2 Å². The number of nitrogens with one attached hydrogen (secondary N) is 1. The van der Waals surface area contributed by atoms with Gasteiger partial charge in [0.2, 0.25) is 0 Å². The number of carbonyl (C=O) groups excluding carboxylic acids is 1. The number of carbonyl (C=O) groups is 1. The average Bonchev–Trinajstić information content (AvgIpc) is 2.88. The van der Waals surface area contributed by atoms with Crippen LogP contribution in [-0.2, 0) is 0 Å². The van der Waals surface area contributed by atoms with Crippen LogP contribution in [0.4, 0.5) is 4.39 Å². The summed E-state index contributed by atoms with van der Waals surface area (Å²) in [5.41, 5.74) is 1.30. The van der Waals surface area contributed by atoms with Crippen LogP contribution in [0.2, 0.25) is 0 Å². The molecular weight excluding hydrogens is 243 g/mol. The molecule has 0 bridgehead atoms. The summed E-state index contributed by atoms with van der Waals surface area (Å²) < 4.78 is 13.1. The third kappa shape index (κ3) is 3.32. The highest BCUT2D eigenvalue weighted by Crippen LogP contribution is 2.14. The Bertz CT molecular complexity index is 455. The number of likely N-dealkylation sites (N-methyl/N-ethyl adjacent to an activating group) is 1. The van der Waals surface area contributed by atoms with E-state index in [4.69, 9.17) is 0 Å². The Morgan fingerprint density at radius 1 is 1.53 bits per heavy atom. The summed E-state index contributed by atoms with van der Waals surface area (Å²) in [4.78, 5) is 14.3. The number of nitrogens with zero attached hydrogens (tertiary/aromatic N) is 1. The second kappa shape index (κ2) is 6.15. The minimum absolute atomic E-state index is 0.00583. The summed E-state index contributed by atoms with van der Waals surface area (Å²) in [6.45, 7) is 6.19. The van der Waals surface area contributed by atoms with Crippen LogP contribution in [0.15, 0.2) is 18.2 Å². The number of rotatable bonds is 4. The Kier molecular flexibility index (Phi) is 4.53. The van der Waals surface area contributed by atoms with Crippen LogP contribution in [0.3, 0.4) is 0 Å². The van der Waals surface area contributed by atoms with Crippen molar-refractivity contribution in [3.63, 3.8) is 0 Å². The van der Waals surface area contributed by atoms with Gasteiger partial charge in [-0.2, -0.15) is 0 Å². The van der Waals surface area contributed by atoms with Gasteiger partial charge in [0, 0.05) is 24.7 Å². The maximum absolute atomic E-state index is 13.1. The number of hydrogen-bond acceptors (Lipinski definition) is 2. The van der Waals surface area contributed by atoms with Gasteiger partial charge >= 0.3 is 0 Å². The number of aryl methyl sites for hydroxylation is 1. The summed E-state index contributed by atoms with van der Waals surface area (Å²) in [6, 6.07) is 4.73. The van der Waals surface area contributed by atoms with E-state index in [1.165, 1.54) is 18.6 Å². The summed E-state index contributed by atoms with van der Waals surface area (Å²) in [6.07, 6.45) is 2.29. The third-order valence-corrected chi connectivity index (χ3v) is 3.69. The molecule has 0 aliphatic carbocycles. The molecule has 0 saturated carbocycles. The normalized spacial score (nSPS) is 18.6. The third-order valence-electron chi connectivity index (χ3n) is 3.69. The lowest BCUT2D eigenvalue weighted by Gasteiger charge is -2.25. The van der Waals surface area contributed by atoms with Crippen LogP contribution in [0.25, 0.3) is 0 Å². The second-order valence-electron chi connectivity index (χ2n) is 5.10. The van der Waals surface area contributed by atoms with Gasteiger partial charge in [-0.3, -0.25) is 4.79 Å². The van der Waals surface area contributed by atoms with E-state index in [1.54, 1.807) is 13.0 Å². The molecule has 1 aliphatic heterocycles. The predicted octanol–water partition coefficient (Wildman–Crippen LogP) is 2.35. The number of halogens is 1. The Hall–Kier alpha value is -1.42. The van der Waals surface area contributed by atoms with E-state index in [1.807, 2.05) is 11.8 Å². The van der Waals surface area contributed by atoms with Crippen LogP contribution in [-0.4, -0.2) is 36.5 Å². The molecule has 0 aromatic heterocycles. The second-order valence-corrected chi connectivity index (χ2v) is 5.10. The van der Waals surface area contributed by atoms with Crippen LogP contribution in [0.1, 0.15) is 35.7 Å². The average molecular weight is 264 g/mol. The molecule has 3 nitrogen and oxygen atoms in total. The molecule has 2 rings (SSSR count). The first-order valence-electron chi connectivity index (χ1n) is 6.90. The van der Waals surface area contributed by atoms with Gasteiger partial charge < -0.3 is 10.2 Å². The van der Waals surface area contributed by atoms with Gasteiger partial charge in [0.1, 0.15) is 5.82 Å². The molecule has 1 saturated heterocycles. The van der Waals surface area contributed by atoms with Gasteiger partial charge in [-0.25, -0.2) is 4.39 Å². The number of benzene rings is 1. The SMILES string of the molecule is CCN(CC1CCCN1)C(=O)c1ccc(F)cc1C.